The summed E-state index contributed by atoms with van der Waals surface area (Å²) >= 11 is 12.3. The van der Waals surface area contributed by atoms with Crippen molar-refractivity contribution in [3.8, 4) is 0 Å². The van der Waals surface area contributed by atoms with Gasteiger partial charge in [-0.25, -0.2) is 0 Å². The van der Waals surface area contributed by atoms with Crippen LogP contribution in [-0.4, -0.2) is 25.0 Å². The van der Waals surface area contributed by atoms with Gasteiger partial charge in [0.05, 0.1) is 10.0 Å². The third-order valence-corrected chi connectivity index (χ3v) is 5.10. The Kier molecular flexibility index (Phi) is 3.89. The molecule has 0 spiro atoms. The molecule has 0 aromatic heterocycles. The fourth-order valence-electron chi connectivity index (χ4n) is 3.18. The maximum atomic E-state index is 7.65. The fourth-order valence-corrected chi connectivity index (χ4v) is 3.48. The number of nitrogens with zero attached hydrogens (tertiary/aromatic N) is 1. The van der Waals surface area contributed by atoms with Crippen LogP contribution < -0.4 is 0 Å². The van der Waals surface area contributed by atoms with Gasteiger partial charge in [0.2, 0.25) is 0 Å². The molecule has 0 fully saturated rings. The Hall–Kier alpha value is -1.02. The molecule has 0 saturated heterocycles. The standard InChI is InChI=1S/C18H19Cl2N/c1-21(2)14-9-12-5-3-4-6-15(12)16(11-14)13-7-8-17(19)18(20)10-13/h3-8,10,14,16H,9,11H2,1-2H3/i1D. The molecule has 0 amide bonds. The minimum atomic E-state index is 0.304. The van der Waals surface area contributed by atoms with E-state index in [-0.39, 0.29) is 0 Å². The molecule has 2 aromatic carbocycles. The van der Waals surface area contributed by atoms with Gasteiger partial charge in [-0.1, -0.05) is 53.5 Å². The summed E-state index contributed by atoms with van der Waals surface area (Å²) in [6.07, 6.45) is 2.01. The second-order valence-electron chi connectivity index (χ2n) is 5.78. The summed E-state index contributed by atoms with van der Waals surface area (Å²) in [4.78, 5) is 2.11. The molecule has 3 heteroatoms. The van der Waals surface area contributed by atoms with Crippen LogP contribution in [0.5, 0.6) is 0 Å². The quantitative estimate of drug-likeness (QED) is 0.752. The molecule has 2 aromatic rings. The highest BCUT2D eigenvalue weighted by molar-refractivity contribution is 6.42. The van der Waals surface area contributed by atoms with Crippen molar-refractivity contribution < 1.29 is 1.37 Å². The van der Waals surface area contributed by atoms with Crippen molar-refractivity contribution in [3.05, 3.63) is 69.2 Å². The monoisotopic (exact) mass is 320 g/mol. The van der Waals surface area contributed by atoms with Crippen LogP contribution in [0.25, 0.3) is 0 Å². The molecule has 0 saturated carbocycles. The van der Waals surface area contributed by atoms with Crippen LogP contribution in [0, 0.1) is 0 Å². The van der Waals surface area contributed by atoms with Gasteiger partial charge in [0.1, 0.15) is 0 Å². The van der Waals surface area contributed by atoms with Gasteiger partial charge >= 0.3 is 0 Å². The summed E-state index contributed by atoms with van der Waals surface area (Å²) in [6, 6.07) is 14.9. The molecular formula is C18H19Cl2N. The van der Waals surface area contributed by atoms with Gasteiger partial charge in [-0.05, 0) is 55.7 Å². The molecule has 1 aliphatic carbocycles. The Bertz CT molecular complexity index is 674. The van der Waals surface area contributed by atoms with Gasteiger partial charge in [0.15, 0.2) is 0 Å². The molecule has 21 heavy (non-hydrogen) atoms. The predicted octanol–water partition coefficient (Wildman–Crippen LogP) is 5.00. The van der Waals surface area contributed by atoms with E-state index >= 15 is 0 Å². The van der Waals surface area contributed by atoms with Crippen LogP contribution in [0.15, 0.2) is 42.5 Å². The zero-order valence-electron chi connectivity index (χ0n) is 13.0. The Morgan fingerprint density at radius 2 is 1.95 bits per heavy atom. The Morgan fingerprint density at radius 3 is 2.71 bits per heavy atom. The Morgan fingerprint density at radius 1 is 1.14 bits per heavy atom. The second-order valence-corrected chi connectivity index (χ2v) is 6.59. The number of hydrogen-bond acceptors (Lipinski definition) is 1. The molecule has 0 bridgehead atoms. The minimum absolute atomic E-state index is 0.304. The largest absolute Gasteiger partial charge is 0.306 e. The summed E-state index contributed by atoms with van der Waals surface area (Å²) in [7, 11) is 2.35. The molecular weight excluding hydrogens is 301 g/mol. The van der Waals surface area contributed by atoms with Gasteiger partial charge in [-0.2, -0.15) is 0 Å². The lowest BCUT2D eigenvalue weighted by Gasteiger charge is -2.35. The number of hydrogen-bond donors (Lipinski definition) is 0. The zero-order valence-corrected chi connectivity index (χ0v) is 13.5. The third-order valence-electron chi connectivity index (χ3n) is 4.36. The number of likely N-dealkylation sites (N-methyl/N-ethyl adjacent to an activating group) is 1. The first-order valence-electron chi connectivity index (χ1n) is 7.83. The first kappa shape index (κ1) is 13.6. The average molecular weight is 321 g/mol. The number of rotatable bonds is 2. The molecule has 0 heterocycles. The van der Waals surface area contributed by atoms with Crippen molar-refractivity contribution in [1.82, 2.24) is 4.90 Å². The summed E-state index contributed by atoms with van der Waals surface area (Å²) in [5.41, 5.74) is 3.94. The van der Waals surface area contributed by atoms with Gasteiger partial charge < -0.3 is 4.90 Å². The minimum Gasteiger partial charge on any atom is -0.306 e. The average Bonchev–Trinajstić information content (AvgIpc) is 2.55. The lowest BCUT2D eigenvalue weighted by Crippen LogP contribution is -2.35. The summed E-state index contributed by atoms with van der Waals surface area (Å²) in [6.45, 7) is 0. The smallest absolute Gasteiger partial charge is 0.0595 e. The molecule has 2 unspecified atom stereocenters. The number of fused-ring (bicyclic) bond motifs is 1. The molecule has 110 valence electrons. The van der Waals surface area contributed by atoms with Crippen molar-refractivity contribution in [2.24, 2.45) is 0 Å². The molecule has 1 nitrogen and oxygen atoms in total. The van der Waals surface area contributed by atoms with Gasteiger partial charge in [-0.3, -0.25) is 0 Å². The fraction of sp³-hybridized carbons (Fsp3) is 0.333. The third kappa shape index (κ3) is 2.96. The van der Waals surface area contributed by atoms with E-state index in [9.17, 15) is 0 Å². The van der Waals surface area contributed by atoms with Crippen LogP contribution in [0.4, 0.5) is 0 Å². The van der Waals surface area contributed by atoms with E-state index in [1.165, 1.54) is 16.7 Å². The summed E-state index contributed by atoms with van der Waals surface area (Å²) < 4.78 is 7.65. The molecule has 0 radical (unpaired) electrons. The van der Waals surface area contributed by atoms with E-state index in [0.717, 1.165) is 12.8 Å². The maximum Gasteiger partial charge on any atom is 0.0595 e. The van der Waals surface area contributed by atoms with Gasteiger partial charge in [0, 0.05) is 13.3 Å². The van der Waals surface area contributed by atoms with E-state index in [0.29, 0.717) is 29.0 Å². The van der Waals surface area contributed by atoms with E-state index in [4.69, 9.17) is 24.6 Å². The first-order valence-corrected chi connectivity index (χ1v) is 7.88. The predicted molar refractivity (Wildman–Crippen MR) is 90.5 cm³/mol. The van der Waals surface area contributed by atoms with Crippen LogP contribution in [0.2, 0.25) is 10.0 Å². The summed E-state index contributed by atoms with van der Waals surface area (Å²) in [5, 5.41) is 1.20. The van der Waals surface area contributed by atoms with Gasteiger partial charge in [0.25, 0.3) is 0 Å². The van der Waals surface area contributed by atoms with Crippen molar-refractivity contribution in [2.75, 3.05) is 14.1 Å². The van der Waals surface area contributed by atoms with E-state index in [2.05, 4.69) is 35.2 Å². The van der Waals surface area contributed by atoms with Crippen molar-refractivity contribution >= 4 is 23.2 Å². The van der Waals surface area contributed by atoms with Crippen LogP contribution >= 0.6 is 23.2 Å². The van der Waals surface area contributed by atoms with Gasteiger partial charge in [-0.15, -0.1) is 0 Å². The lowest BCUT2D eigenvalue weighted by atomic mass is 9.76. The molecule has 1 aliphatic rings. The normalized spacial score (nSPS) is 22.0. The molecule has 0 aliphatic heterocycles. The highest BCUT2D eigenvalue weighted by Crippen LogP contribution is 2.39. The number of halogens is 2. The van der Waals surface area contributed by atoms with Crippen molar-refractivity contribution in [3.63, 3.8) is 0 Å². The SMILES string of the molecule is [2H]CN(C)C1Cc2ccccc2C(c2ccc(Cl)c(Cl)c2)C1. The van der Waals surface area contributed by atoms with E-state index < -0.39 is 0 Å². The highest BCUT2D eigenvalue weighted by atomic mass is 35.5. The second kappa shape index (κ2) is 6.00. The highest BCUT2D eigenvalue weighted by Gasteiger charge is 2.29. The topological polar surface area (TPSA) is 3.24 Å². The lowest BCUT2D eigenvalue weighted by molar-refractivity contribution is 0.258. The van der Waals surface area contributed by atoms with E-state index in [1.54, 1.807) is 0 Å². The molecule has 3 rings (SSSR count). The zero-order chi connectivity index (χ0) is 15.7. The first-order chi connectivity index (χ1) is 10.6. The van der Waals surface area contributed by atoms with Crippen molar-refractivity contribution in [1.29, 1.82) is 0 Å². The van der Waals surface area contributed by atoms with Crippen LogP contribution in [0.1, 0.15) is 30.4 Å². The van der Waals surface area contributed by atoms with Crippen LogP contribution in [-0.2, 0) is 6.42 Å². The van der Waals surface area contributed by atoms with Crippen LogP contribution in [0.3, 0.4) is 0 Å². The van der Waals surface area contributed by atoms with E-state index in [1.807, 2.05) is 19.2 Å². The Labute approximate surface area is 137 Å². The molecule has 0 N–H and O–H groups in total. The molecule has 2 atom stereocenters. The Balaban J connectivity index is 2.02. The maximum absolute atomic E-state index is 7.65. The summed E-state index contributed by atoms with van der Waals surface area (Å²) in [5.74, 6) is 0.304. The number of benzene rings is 2. The van der Waals surface area contributed by atoms with Crippen molar-refractivity contribution in [2.45, 2.75) is 24.8 Å².